The molecule has 2 rings (SSSR count). The maximum atomic E-state index is 14.2. The van der Waals surface area contributed by atoms with Crippen LogP contribution in [-0.2, 0) is 0 Å². The molecule has 1 aromatic carbocycles. The molecule has 1 heterocycles. The molecule has 0 aliphatic carbocycles. The molecule has 0 aromatic heterocycles. The van der Waals surface area contributed by atoms with E-state index in [0.717, 1.165) is 0 Å². The van der Waals surface area contributed by atoms with Gasteiger partial charge in [0.1, 0.15) is 5.82 Å². The third-order valence-electron chi connectivity index (χ3n) is 3.41. The van der Waals surface area contributed by atoms with Crippen molar-refractivity contribution >= 4 is 23.2 Å². The van der Waals surface area contributed by atoms with Gasteiger partial charge in [0.15, 0.2) is 0 Å². The number of alkyl halides is 2. The van der Waals surface area contributed by atoms with E-state index in [-0.39, 0.29) is 15.6 Å². The largest absolute Gasteiger partial charge is 0.314 e. The molecule has 0 amide bonds. The second-order valence-corrected chi connectivity index (χ2v) is 5.50. The Balaban J connectivity index is 2.37. The number of halogens is 5. The van der Waals surface area contributed by atoms with Crippen LogP contribution in [0.15, 0.2) is 12.1 Å². The summed E-state index contributed by atoms with van der Waals surface area (Å²) in [6, 6.07) is 2.02. The molecule has 7 heteroatoms. The zero-order valence-electron chi connectivity index (χ0n) is 10.7. The quantitative estimate of drug-likeness (QED) is 0.848. The standard InChI is InChI=1S/C13H15Cl2F3N2/c14-8-1-2-9(15)13(18)12(8)10(7-11(16)17)20-5-3-19-4-6-20/h1-2,10-11,19H,3-7H2/t10-/m0/s1. The summed E-state index contributed by atoms with van der Waals surface area (Å²) in [5, 5.41) is 3.17. The molecular formula is C13H15Cl2F3N2. The first-order valence-electron chi connectivity index (χ1n) is 6.37. The molecule has 1 saturated heterocycles. The molecule has 0 unspecified atom stereocenters. The molecule has 0 saturated carbocycles. The number of nitrogens with one attached hydrogen (secondary N) is 1. The van der Waals surface area contributed by atoms with Crippen LogP contribution in [0.3, 0.4) is 0 Å². The lowest BCUT2D eigenvalue weighted by molar-refractivity contribution is 0.0726. The normalized spacial score (nSPS) is 18.5. The third-order valence-corrected chi connectivity index (χ3v) is 4.03. The first kappa shape index (κ1) is 15.9. The van der Waals surface area contributed by atoms with Crippen LogP contribution in [-0.4, -0.2) is 37.5 Å². The van der Waals surface area contributed by atoms with Crippen LogP contribution >= 0.6 is 23.2 Å². The van der Waals surface area contributed by atoms with Crippen LogP contribution in [0.25, 0.3) is 0 Å². The summed E-state index contributed by atoms with van der Waals surface area (Å²) in [6.07, 6.45) is -3.00. The second kappa shape index (κ2) is 6.98. The van der Waals surface area contributed by atoms with Crippen molar-refractivity contribution < 1.29 is 13.2 Å². The fourth-order valence-electron chi connectivity index (χ4n) is 2.46. The molecule has 1 atom stereocenters. The SMILES string of the molecule is Fc1c(Cl)ccc(Cl)c1[C@H](CC(F)F)N1CCNCC1. The van der Waals surface area contributed by atoms with Gasteiger partial charge in [0.25, 0.3) is 0 Å². The monoisotopic (exact) mass is 326 g/mol. The van der Waals surface area contributed by atoms with Crippen molar-refractivity contribution in [1.29, 1.82) is 0 Å². The van der Waals surface area contributed by atoms with E-state index in [9.17, 15) is 13.2 Å². The molecule has 1 N–H and O–H groups in total. The highest BCUT2D eigenvalue weighted by Crippen LogP contribution is 2.36. The Bertz CT molecular complexity index is 465. The van der Waals surface area contributed by atoms with E-state index < -0.39 is 24.7 Å². The van der Waals surface area contributed by atoms with Crippen LogP contribution < -0.4 is 5.32 Å². The molecule has 1 aromatic rings. The van der Waals surface area contributed by atoms with Crippen molar-refractivity contribution in [2.45, 2.75) is 18.9 Å². The van der Waals surface area contributed by atoms with E-state index in [0.29, 0.717) is 26.2 Å². The Morgan fingerprint density at radius 2 is 1.75 bits per heavy atom. The van der Waals surface area contributed by atoms with E-state index >= 15 is 0 Å². The van der Waals surface area contributed by atoms with E-state index in [1.807, 2.05) is 4.90 Å². The predicted molar refractivity (Wildman–Crippen MR) is 74.2 cm³/mol. The molecule has 0 bridgehead atoms. The van der Waals surface area contributed by atoms with Crippen LogP contribution in [0.4, 0.5) is 13.2 Å². The summed E-state index contributed by atoms with van der Waals surface area (Å²) in [7, 11) is 0. The summed E-state index contributed by atoms with van der Waals surface area (Å²) >= 11 is 11.8. The third kappa shape index (κ3) is 3.58. The maximum absolute atomic E-state index is 14.2. The lowest BCUT2D eigenvalue weighted by Crippen LogP contribution is -2.45. The first-order chi connectivity index (χ1) is 9.50. The maximum Gasteiger partial charge on any atom is 0.240 e. The smallest absolute Gasteiger partial charge is 0.240 e. The first-order valence-corrected chi connectivity index (χ1v) is 7.12. The fraction of sp³-hybridized carbons (Fsp3) is 0.538. The van der Waals surface area contributed by atoms with Gasteiger partial charge in [-0.15, -0.1) is 0 Å². The Morgan fingerprint density at radius 1 is 1.15 bits per heavy atom. The van der Waals surface area contributed by atoms with E-state index in [1.54, 1.807) is 0 Å². The molecule has 1 fully saturated rings. The minimum Gasteiger partial charge on any atom is -0.314 e. The lowest BCUT2D eigenvalue weighted by atomic mass is 10.0. The molecule has 112 valence electrons. The highest BCUT2D eigenvalue weighted by atomic mass is 35.5. The highest BCUT2D eigenvalue weighted by molar-refractivity contribution is 6.33. The molecule has 1 aliphatic rings. The number of hydrogen-bond acceptors (Lipinski definition) is 2. The Hall–Kier alpha value is -0.490. The average Bonchev–Trinajstić information content (AvgIpc) is 2.43. The summed E-state index contributed by atoms with van der Waals surface area (Å²) in [5.41, 5.74) is 0.0707. The number of hydrogen-bond donors (Lipinski definition) is 1. The van der Waals surface area contributed by atoms with Gasteiger partial charge in [-0.05, 0) is 12.1 Å². The van der Waals surface area contributed by atoms with Gasteiger partial charge in [0.2, 0.25) is 6.43 Å². The Labute approximate surface area is 125 Å². The minimum absolute atomic E-state index is 0.0707. The van der Waals surface area contributed by atoms with Crippen LogP contribution in [0.5, 0.6) is 0 Å². The molecule has 0 spiro atoms. The van der Waals surface area contributed by atoms with Gasteiger partial charge in [-0.2, -0.15) is 0 Å². The Kier molecular flexibility index (Phi) is 5.55. The highest BCUT2D eigenvalue weighted by Gasteiger charge is 2.30. The van der Waals surface area contributed by atoms with Gasteiger partial charge in [0, 0.05) is 49.2 Å². The fourth-order valence-corrected chi connectivity index (χ4v) is 2.90. The van der Waals surface area contributed by atoms with Crippen molar-refractivity contribution in [2.24, 2.45) is 0 Å². The second-order valence-electron chi connectivity index (χ2n) is 4.69. The van der Waals surface area contributed by atoms with Crippen molar-refractivity contribution in [1.82, 2.24) is 10.2 Å². The average molecular weight is 327 g/mol. The van der Waals surface area contributed by atoms with Gasteiger partial charge < -0.3 is 5.32 Å². The molecule has 1 aliphatic heterocycles. The van der Waals surface area contributed by atoms with Gasteiger partial charge in [-0.1, -0.05) is 23.2 Å². The van der Waals surface area contributed by atoms with E-state index in [4.69, 9.17) is 23.2 Å². The van der Waals surface area contributed by atoms with Crippen LogP contribution in [0, 0.1) is 5.82 Å². The zero-order chi connectivity index (χ0) is 14.7. The lowest BCUT2D eigenvalue weighted by Gasteiger charge is -2.35. The topological polar surface area (TPSA) is 15.3 Å². The van der Waals surface area contributed by atoms with Gasteiger partial charge in [-0.25, -0.2) is 13.2 Å². The van der Waals surface area contributed by atoms with Crippen molar-refractivity contribution in [2.75, 3.05) is 26.2 Å². The number of rotatable bonds is 4. The minimum atomic E-state index is -2.54. The summed E-state index contributed by atoms with van der Waals surface area (Å²) < 4.78 is 39.9. The molecular weight excluding hydrogens is 312 g/mol. The number of nitrogens with zero attached hydrogens (tertiary/aromatic N) is 1. The van der Waals surface area contributed by atoms with E-state index in [1.165, 1.54) is 12.1 Å². The van der Waals surface area contributed by atoms with Gasteiger partial charge >= 0.3 is 0 Å². The van der Waals surface area contributed by atoms with Gasteiger partial charge in [-0.3, -0.25) is 4.90 Å². The van der Waals surface area contributed by atoms with Crippen molar-refractivity contribution in [3.63, 3.8) is 0 Å². The van der Waals surface area contributed by atoms with Crippen molar-refractivity contribution in [3.8, 4) is 0 Å². The zero-order valence-corrected chi connectivity index (χ0v) is 12.2. The molecule has 2 nitrogen and oxygen atoms in total. The predicted octanol–water partition coefficient (Wildman–Crippen LogP) is 3.73. The van der Waals surface area contributed by atoms with Crippen LogP contribution in [0.1, 0.15) is 18.0 Å². The summed E-state index contributed by atoms with van der Waals surface area (Å²) in [6.45, 7) is 2.50. The van der Waals surface area contributed by atoms with Crippen LogP contribution in [0.2, 0.25) is 10.0 Å². The summed E-state index contributed by atoms with van der Waals surface area (Å²) in [4.78, 5) is 1.82. The van der Waals surface area contributed by atoms with Gasteiger partial charge in [0.05, 0.1) is 5.02 Å². The number of piperazine rings is 1. The Morgan fingerprint density at radius 3 is 2.35 bits per heavy atom. The molecule has 0 radical (unpaired) electrons. The molecule has 20 heavy (non-hydrogen) atoms. The van der Waals surface area contributed by atoms with Crippen molar-refractivity contribution in [3.05, 3.63) is 33.6 Å². The summed E-state index contributed by atoms with van der Waals surface area (Å²) in [5.74, 6) is -0.705. The van der Waals surface area contributed by atoms with E-state index in [2.05, 4.69) is 5.32 Å². The number of benzene rings is 1.